The predicted molar refractivity (Wildman–Crippen MR) is 99.7 cm³/mol. The first-order valence-electron chi connectivity index (χ1n) is 8.65. The van der Waals surface area contributed by atoms with Crippen LogP contribution in [0.5, 0.6) is 17.2 Å². The molecule has 25 heavy (non-hydrogen) atoms. The van der Waals surface area contributed by atoms with Gasteiger partial charge in [-0.05, 0) is 42.2 Å². The second-order valence-corrected chi connectivity index (χ2v) is 6.44. The predicted octanol–water partition coefficient (Wildman–Crippen LogP) is 3.03. The van der Waals surface area contributed by atoms with E-state index >= 15 is 0 Å². The lowest BCUT2D eigenvalue weighted by Gasteiger charge is -2.19. The van der Waals surface area contributed by atoms with Crippen LogP contribution in [-0.4, -0.2) is 39.0 Å². The lowest BCUT2D eigenvalue weighted by atomic mass is 10.1. The van der Waals surface area contributed by atoms with Crippen molar-refractivity contribution in [3.63, 3.8) is 0 Å². The molecule has 3 rings (SSSR count). The summed E-state index contributed by atoms with van der Waals surface area (Å²) in [6.45, 7) is 3.83. The lowest BCUT2D eigenvalue weighted by molar-refractivity contribution is 0.373. The van der Waals surface area contributed by atoms with Crippen LogP contribution in [0.25, 0.3) is 0 Å². The molecule has 0 aromatic heterocycles. The highest BCUT2D eigenvalue weighted by molar-refractivity contribution is 5.51. The van der Waals surface area contributed by atoms with Crippen LogP contribution < -0.4 is 19.7 Å². The van der Waals surface area contributed by atoms with E-state index < -0.39 is 0 Å². The van der Waals surface area contributed by atoms with Gasteiger partial charge in [-0.15, -0.1) is 0 Å². The normalized spacial score (nSPS) is 16.9. The van der Waals surface area contributed by atoms with Crippen molar-refractivity contribution in [2.24, 2.45) is 5.92 Å². The second-order valence-electron chi connectivity index (χ2n) is 6.44. The molecule has 0 saturated carbocycles. The van der Waals surface area contributed by atoms with Crippen LogP contribution in [0.2, 0.25) is 0 Å². The number of anilines is 1. The molecule has 5 heteroatoms. The van der Waals surface area contributed by atoms with Gasteiger partial charge in [0.1, 0.15) is 5.75 Å². The zero-order valence-electron chi connectivity index (χ0n) is 14.9. The van der Waals surface area contributed by atoms with Gasteiger partial charge in [0, 0.05) is 37.9 Å². The Morgan fingerprint density at radius 1 is 1.16 bits per heavy atom. The number of aromatic hydroxyl groups is 1. The first-order chi connectivity index (χ1) is 12.2. The van der Waals surface area contributed by atoms with Crippen molar-refractivity contribution in [1.82, 2.24) is 5.32 Å². The molecule has 5 nitrogen and oxygen atoms in total. The molecule has 0 radical (unpaired) electrons. The third-order valence-electron chi connectivity index (χ3n) is 4.71. The number of phenolic OH excluding ortho intramolecular Hbond substituents is 1. The fourth-order valence-corrected chi connectivity index (χ4v) is 3.31. The molecule has 134 valence electrons. The quantitative estimate of drug-likeness (QED) is 0.810. The van der Waals surface area contributed by atoms with Gasteiger partial charge in [-0.25, -0.2) is 0 Å². The molecule has 0 spiro atoms. The average molecular weight is 342 g/mol. The van der Waals surface area contributed by atoms with E-state index in [1.807, 2.05) is 18.2 Å². The van der Waals surface area contributed by atoms with Crippen LogP contribution in [0, 0.1) is 5.92 Å². The van der Waals surface area contributed by atoms with Crippen LogP contribution in [-0.2, 0) is 6.54 Å². The smallest absolute Gasteiger partial charge is 0.160 e. The molecule has 0 bridgehead atoms. The summed E-state index contributed by atoms with van der Waals surface area (Å²) >= 11 is 0. The maximum atomic E-state index is 9.84. The van der Waals surface area contributed by atoms with E-state index in [2.05, 4.69) is 22.3 Å². The molecule has 2 N–H and O–H groups in total. The molecule has 0 unspecified atom stereocenters. The average Bonchev–Trinajstić information content (AvgIpc) is 3.11. The van der Waals surface area contributed by atoms with Crippen molar-refractivity contribution in [2.45, 2.75) is 13.0 Å². The van der Waals surface area contributed by atoms with Crippen molar-refractivity contribution >= 4 is 5.69 Å². The summed E-state index contributed by atoms with van der Waals surface area (Å²) in [5.41, 5.74) is 2.28. The SMILES string of the molecule is COc1cccc(N2CC[C@@H](CNCc3ccc(OC)c(O)c3)C2)c1. The molecule has 1 saturated heterocycles. The summed E-state index contributed by atoms with van der Waals surface area (Å²) in [4.78, 5) is 2.41. The molecular formula is C20H26N2O3. The molecular weight excluding hydrogens is 316 g/mol. The Bertz CT molecular complexity index is 705. The van der Waals surface area contributed by atoms with E-state index in [1.165, 1.54) is 12.1 Å². The summed E-state index contributed by atoms with van der Waals surface area (Å²) in [5.74, 6) is 2.22. The number of ether oxygens (including phenoxy) is 2. The molecule has 1 heterocycles. The van der Waals surface area contributed by atoms with Crippen LogP contribution in [0.1, 0.15) is 12.0 Å². The van der Waals surface area contributed by atoms with Gasteiger partial charge in [0.2, 0.25) is 0 Å². The lowest BCUT2D eigenvalue weighted by Crippen LogP contribution is -2.26. The maximum absolute atomic E-state index is 9.84. The van der Waals surface area contributed by atoms with E-state index in [0.29, 0.717) is 11.7 Å². The third-order valence-corrected chi connectivity index (χ3v) is 4.71. The Balaban J connectivity index is 1.48. The Morgan fingerprint density at radius 3 is 2.80 bits per heavy atom. The van der Waals surface area contributed by atoms with Crippen LogP contribution in [0.4, 0.5) is 5.69 Å². The number of nitrogens with one attached hydrogen (secondary N) is 1. The standard InChI is InChI=1S/C20H26N2O3/c1-24-18-5-3-4-17(11-18)22-9-8-16(14-22)13-21-12-15-6-7-20(25-2)19(23)10-15/h3-7,10-11,16,21,23H,8-9,12-14H2,1-2H3/t16-/m0/s1. The number of rotatable bonds is 7. The maximum Gasteiger partial charge on any atom is 0.160 e. The van der Waals surface area contributed by atoms with E-state index in [0.717, 1.165) is 37.5 Å². The Morgan fingerprint density at radius 2 is 2.04 bits per heavy atom. The number of hydrogen-bond acceptors (Lipinski definition) is 5. The number of nitrogens with zero attached hydrogens (tertiary/aromatic N) is 1. The van der Waals surface area contributed by atoms with Gasteiger partial charge in [-0.2, -0.15) is 0 Å². The first kappa shape index (κ1) is 17.4. The monoisotopic (exact) mass is 342 g/mol. The van der Waals surface area contributed by atoms with Crippen LogP contribution in [0.15, 0.2) is 42.5 Å². The second kappa shape index (κ2) is 8.12. The number of phenols is 1. The van der Waals surface area contributed by atoms with Gasteiger partial charge in [0.05, 0.1) is 14.2 Å². The minimum atomic E-state index is 0.187. The van der Waals surface area contributed by atoms with Crippen molar-refractivity contribution < 1.29 is 14.6 Å². The van der Waals surface area contributed by atoms with Crippen molar-refractivity contribution in [3.05, 3.63) is 48.0 Å². The van der Waals surface area contributed by atoms with E-state index in [4.69, 9.17) is 9.47 Å². The van der Waals surface area contributed by atoms with Crippen molar-refractivity contribution in [1.29, 1.82) is 0 Å². The fourth-order valence-electron chi connectivity index (χ4n) is 3.31. The summed E-state index contributed by atoms with van der Waals surface area (Å²) < 4.78 is 10.4. The molecule has 1 fully saturated rings. The molecule has 1 aliphatic heterocycles. The highest BCUT2D eigenvalue weighted by Gasteiger charge is 2.22. The molecule has 2 aromatic carbocycles. The van der Waals surface area contributed by atoms with Crippen LogP contribution >= 0.6 is 0 Å². The highest BCUT2D eigenvalue weighted by atomic mass is 16.5. The summed E-state index contributed by atoms with van der Waals surface area (Å²) in [7, 11) is 3.26. The van der Waals surface area contributed by atoms with Gasteiger partial charge in [0.25, 0.3) is 0 Å². The van der Waals surface area contributed by atoms with Gasteiger partial charge in [-0.3, -0.25) is 0 Å². The van der Waals surface area contributed by atoms with Crippen molar-refractivity contribution in [2.75, 3.05) is 38.8 Å². The van der Waals surface area contributed by atoms with E-state index in [9.17, 15) is 5.11 Å². The summed E-state index contributed by atoms with van der Waals surface area (Å²) in [6, 6.07) is 13.8. The van der Waals surface area contributed by atoms with Gasteiger partial charge in [0.15, 0.2) is 11.5 Å². The summed E-state index contributed by atoms with van der Waals surface area (Å²) in [6.07, 6.45) is 1.18. The van der Waals surface area contributed by atoms with Gasteiger partial charge in [-0.1, -0.05) is 12.1 Å². The number of benzene rings is 2. The van der Waals surface area contributed by atoms with E-state index in [-0.39, 0.29) is 5.75 Å². The molecule has 0 aliphatic carbocycles. The Hall–Kier alpha value is -2.40. The Kier molecular flexibility index (Phi) is 5.66. The van der Waals surface area contributed by atoms with E-state index in [1.54, 1.807) is 26.4 Å². The number of methoxy groups -OCH3 is 2. The van der Waals surface area contributed by atoms with Gasteiger partial charge < -0.3 is 24.8 Å². The summed E-state index contributed by atoms with van der Waals surface area (Å²) in [5, 5.41) is 13.3. The first-order valence-corrected chi connectivity index (χ1v) is 8.65. The zero-order valence-corrected chi connectivity index (χ0v) is 14.9. The fraction of sp³-hybridized carbons (Fsp3) is 0.400. The minimum absolute atomic E-state index is 0.187. The third kappa shape index (κ3) is 4.37. The topological polar surface area (TPSA) is 54.0 Å². The van der Waals surface area contributed by atoms with Crippen molar-refractivity contribution in [3.8, 4) is 17.2 Å². The molecule has 0 amide bonds. The largest absolute Gasteiger partial charge is 0.504 e. The van der Waals surface area contributed by atoms with Crippen LogP contribution in [0.3, 0.4) is 0 Å². The molecule has 1 aliphatic rings. The highest BCUT2D eigenvalue weighted by Crippen LogP contribution is 2.27. The molecule has 2 aromatic rings. The van der Waals surface area contributed by atoms with Gasteiger partial charge >= 0.3 is 0 Å². The Labute approximate surface area is 149 Å². The molecule has 1 atom stereocenters. The number of hydrogen-bond donors (Lipinski definition) is 2. The minimum Gasteiger partial charge on any atom is -0.504 e. The zero-order chi connectivity index (χ0) is 17.6.